The van der Waals surface area contributed by atoms with E-state index in [1.165, 1.54) is 22.9 Å². The zero-order valence-electron chi connectivity index (χ0n) is 11.0. The summed E-state index contributed by atoms with van der Waals surface area (Å²) in [5.74, 6) is -0.399. The van der Waals surface area contributed by atoms with Crippen molar-refractivity contribution in [1.82, 2.24) is 5.32 Å². The maximum Gasteiger partial charge on any atom is 0.145 e. The molecular formula is C16H15FN2S. The molecule has 1 aromatic heterocycles. The summed E-state index contributed by atoms with van der Waals surface area (Å²) in [5, 5.41) is 14.4. The van der Waals surface area contributed by atoms with Crippen LogP contribution in [0.25, 0.3) is 0 Å². The molecule has 0 saturated carbocycles. The van der Waals surface area contributed by atoms with Crippen molar-refractivity contribution >= 4 is 11.3 Å². The maximum atomic E-state index is 14.0. The van der Waals surface area contributed by atoms with Gasteiger partial charge in [0.15, 0.2) is 0 Å². The Hall–Kier alpha value is -1.70. The maximum absolute atomic E-state index is 14.0. The third kappa shape index (κ3) is 2.47. The molecule has 1 N–H and O–H groups in total. The predicted molar refractivity (Wildman–Crippen MR) is 78.0 cm³/mol. The first-order valence-electron chi connectivity index (χ1n) is 6.76. The van der Waals surface area contributed by atoms with Gasteiger partial charge in [0.25, 0.3) is 0 Å². The summed E-state index contributed by atoms with van der Waals surface area (Å²) in [6, 6.07) is 9.33. The normalized spacial score (nSPS) is 17.5. The summed E-state index contributed by atoms with van der Waals surface area (Å²) < 4.78 is 14.0. The zero-order chi connectivity index (χ0) is 13.9. The van der Waals surface area contributed by atoms with Gasteiger partial charge in [-0.25, -0.2) is 4.39 Å². The van der Waals surface area contributed by atoms with Crippen molar-refractivity contribution in [3.8, 4) is 6.07 Å². The molecule has 0 saturated heterocycles. The molecule has 0 bridgehead atoms. The van der Waals surface area contributed by atoms with Gasteiger partial charge in [0.05, 0.1) is 5.56 Å². The number of hydrogen-bond acceptors (Lipinski definition) is 3. The molecule has 2 nitrogen and oxygen atoms in total. The number of benzene rings is 1. The Morgan fingerprint density at radius 2 is 2.30 bits per heavy atom. The molecule has 0 fully saturated rings. The largest absolute Gasteiger partial charge is 0.306 e. The Labute approximate surface area is 121 Å². The van der Waals surface area contributed by atoms with E-state index in [1.807, 2.05) is 6.07 Å². The van der Waals surface area contributed by atoms with E-state index in [2.05, 4.69) is 16.8 Å². The van der Waals surface area contributed by atoms with Crippen LogP contribution in [0.15, 0.2) is 29.6 Å². The first-order chi connectivity index (χ1) is 9.79. The number of rotatable bonds is 3. The minimum atomic E-state index is -0.399. The molecule has 0 aliphatic heterocycles. The number of halogens is 1. The Morgan fingerprint density at radius 3 is 3.15 bits per heavy atom. The number of nitriles is 1. The zero-order valence-corrected chi connectivity index (χ0v) is 11.8. The minimum Gasteiger partial charge on any atom is -0.306 e. The molecule has 1 aliphatic rings. The van der Waals surface area contributed by atoms with E-state index < -0.39 is 5.82 Å². The lowest BCUT2D eigenvalue weighted by molar-refractivity contribution is 0.456. The molecule has 0 radical (unpaired) electrons. The molecule has 0 spiro atoms. The van der Waals surface area contributed by atoms with Crippen LogP contribution in [-0.2, 0) is 13.0 Å². The summed E-state index contributed by atoms with van der Waals surface area (Å²) in [4.78, 5) is 1.44. The highest BCUT2D eigenvalue weighted by Gasteiger charge is 2.21. The fraction of sp³-hybridized carbons (Fsp3) is 0.312. The average molecular weight is 286 g/mol. The highest BCUT2D eigenvalue weighted by Crippen LogP contribution is 2.33. The van der Waals surface area contributed by atoms with Gasteiger partial charge in [0, 0.05) is 23.0 Å². The number of hydrogen-bond donors (Lipinski definition) is 1. The van der Waals surface area contributed by atoms with Crippen molar-refractivity contribution in [2.75, 3.05) is 0 Å². The van der Waals surface area contributed by atoms with E-state index in [-0.39, 0.29) is 5.56 Å². The Morgan fingerprint density at radius 1 is 1.40 bits per heavy atom. The Bertz CT molecular complexity index is 657. The van der Waals surface area contributed by atoms with Gasteiger partial charge in [-0.05, 0) is 42.3 Å². The van der Waals surface area contributed by atoms with Crippen molar-refractivity contribution in [2.45, 2.75) is 31.8 Å². The molecule has 2 aromatic rings. The monoisotopic (exact) mass is 286 g/mol. The molecule has 102 valence electrons. The smallest absolute Gasteiger partial charge is 0.145 e. The van der Waals surface area contributed by atoms with Crippen LogP contribution in [0.2, 0.25) is 0 Å². The van der Waals surface area contributed by atoms with Gasteiger partial charge in [0.2, 0.25) is 0 Å². The van der Waals surface area contributed by atoms with Gasteiger partial charge < -0.3 is 5.32 Å². The first kappa shape index (κ1) is 13.3. The highest BCUT2D eigenvalue weighted by atomic mass is 32.1. The average Bonchev–Trinajstić information content (AvgIpc) is 2.95. The van der Waals surface area contributed by atoms with Crippen LogP contribution in [0.1, 0.15) is 40.5 Å². The van der Waals surface area contributed by atoms with Crippen molar-refractivity contribution in [3.05, 3.63) is 57.0 Å². The number of aryl methyl sites for hydroxylation is 1. The summed E-state index contributed by atoms with van der Waals surface area (Å²) in [7, 11) is 0. The summed E-state index contributed by atoms with van der Waals surface area (Å²) in [6.07, 6.45) is 3.42. The highest BCUT2D eigenvalue weighted by molar-refractivity contribution is 7.10. The Balaban J connectivity index is 1.74. The second kappa shape index (κ2) is 5.74. The predicted octanol–water partition coefficient (Wildman–Crippen LogP) is 3.93. The van der Waals surface area contributed by atoms with Gasteiger partial charge in [-0.2, -0.15) is 5.26 Å². The molecule has 0 amide bonds. The van der Waals surface area contributed by atoms with Crippen LogP contribution in [0.5, 0.6) is 0 Å². The SMILES string of the molecule is N#Cc1cccc(CNC2CCCc3sccc32)c1F. The fourth-order valence-electron chi connectivity index (χ4n) is 2.73. The topological polar surface area (TPSA) is 35.8 Å². The van der Waals surface area contributed by atoms with E-state index in [9.17, 15) is 4.39 Å². The van der Waals surface area contributed by atoms with Gasteiger partial charge >= 0.3 is 0 Å². The van der Waals surface area contributed by atoms with Crippen molar-refractivity contribution in [1.29, 1.82) is 5.26 Å². The van der Waals surface area contributed by atoms with Crippen molar-refractivity contribution in [3.63, 3.8) is 0 Å². The van der Waals surface area contributed by atoms with E-state index in [4.69, 9.17) is 5.26 Å². The third-order valence-electron chi connectivity index (χ3n) is 3.79. The molecular weight excluding hydrogens is 271 g/mol. The lowest BCUT2D eigenvalue weighted by atomic mass is 9.94. The lowest BCUT2D eigenvalue weighted by Gasteiger charge is -2.24. The summed E-state index contributed by atoms with van der Waals surface area (Å²) in [5.41, 5.74) is 2.04. The van der Waals surface area contributed by atoms with E-state index in [0.29, 0.717) is 18.2 Å². The molecule has 1 aromatic carbocycles. The summed E-state index contributed by atoms with van der Waals surface area (Å²) >= 11 is 1.80. The third-order valence-corrected chi connectivity index (χ3v) is 4.79. The lowest BCUT2D eigenvalue weighted by Crippen LogP contribution is -2.24. The number of nitrogens with zero attached hydrogens (tertiary/aromatic N) is 1. The van der Waals surface area contributed by atoms with Crippen LogP contribution in [0.4, 0.5) is 4.39 Å². The van der Waals surface area contributed by atoms with Crippen LogP contribution in [0.3, 0.4) is 0 Å². The first-order valence-corrected chi connectivity index (χ1v) is 7.64. The fourth-order valence-corrected chi connectivity index (χ4v) is 3.72. The standard InChI is InChI=1S/C16H15FN2S/c17-16-11(9-18)3-1-4-12(16)10-19-14-5-2-6-15-13(14)7-8-20-15/h1,3-4,7-8,14,19H,2,5-6,10H2. The van der Waals surface area contributed by atoms with Gasteiger partial charge in [-0.15, -0.1) is 11.3 Å². The molecule has 20 heavy (non-hydrogen) atoms. The minimum absolute atomic E-state index is 0.115. The number of nitrogens with one attached hydrogen (secondary N) is 1. The molecule has 1 unspecified atom stereocenters. The number of fused-ring (bicyclic) bond motifs is 1. The van der Waals surface area contributed by atoms with Crippen molar-refractivity contribution < 1.29 is 4.39 Å². The van der Waals surface area contributed by atoms with E-state index in [1.54, 1.807) is 23.5 Å². The van der Waals surface area contributed by atoms with Crippen molar-refractivity contribution in [2.24, 2.45) is 0 Å². The molecule has 1 atom stereocenters. The summed E-state index contributed by atoms with van der Waals surface area (Å²) in [6.45, 7) is 0.460. The molecule has 1 aliphatic carbocycles. The number of thiophene rings is 1. The van der Waals surface area contributed by atoms with Crippen LogP contribution < -0.4 is 5.32 Å². The quantitative estimate of drug-likeness (QED) is 0.928. The van der Waals surface area contributed by atoms with Gasteiger partial charge in [0.1, 0.15) is 11.9 Å². The van der Waals surface area contributed by atoms with E-state index in [0.717, 1.165) is 12.8 Å². The second-order valence-electron chi connectivity index (χ2n) is 5.02. The van der Waals surface area contributed by atoms with Gasteiger partial charge in [-0.3, -0.25) is 0 Å². The van der Waals surface area contributed by atoms with Gasteiger partial charge in [-0.1, -0.05) is 12.1 Å². The van der Waals surface area contributed by atoms with E-state index >= 15 is 0 Å². The second-order valence-corrected chi connectivity index (χ2v) is 6.02. The Kier molecular flexibility index (Phi) is 3.81. The van der Waals surface area contributed by atoms with Crippen LogP contribution >= 0.6 is 11.3 Å². The van der Waals surface area contributed by atoms with Crippen LogP contribution in [0, 0.1) is 17.1 Å². The molecule has 4 heteroatoms. The molecule has 1 heterocycles. The molecule has 3 rings (SSSR count). The van der Waals surface area contributed by atoms with Crippen LogP contribution in [-0.4, -0.2) is 0 Å².